The zero-order valence-electron chi connectivity index (χ0n) is 9.08. The SMILES string of the molecule is Cc1cnc(N2CCNC(=O)C2)cc1C. The summed E-state index contributed by atoms with van der Waals surface area (Å²) in [5, 5.41) is 2.80. The maximum absolute atomic E-state index is 11.2. The largest absolute Gasteiger partial charge is 0.353 e. The highest BCUT2D eigenvalue weighted by Gasteiger charge is 2.17. The van der Waals surface area contributed by atoms with Crippen molar-refractivity contribution < 1.29 is 4.79 Å². The lowest BCUT2D eigenvalue weighted by molar-refractivity contribution is -0.120. The molecule has 1 saturated heterocycles. The summed E-state index contributed by atoms with van der Waals surface area (Å²) in [6, 6.07) is 2.04. The van der Waals surface area contributed by atoms with Gasteiger partial charge in [0.2, 0.25) is 5.91 Å². The number of carbonyl (C=O) groups is 1. The third-order valence-corrected chi connectivity index (χ3v) is 2.72. The molecule has 0 unspecified atom stereocenters. The molecule has 0 atom stereocenters. The molecule has 1 aromatic rings. The van der Waals surface area contributed by atoms with Gasteiger partial charge in [-0.1, -0.05) is 0 Å². The zero-order chi connectivity index (χ0) is 10.8. The molecular weight excluding hydrogens is 190 g/mol. The van der Waals surface area contributed by atoms with Crippen LogP contribution in [-0.4, -0.2) is 30.5 Å². The van der Waals surface area contributed by atoms with Crippen LogP contribution in [0.3, 0.4) is 0 Å². The van der Waals surface area contributed by atoms with Crippen LogP contribution >= 0.6 is 0 Å². The predicted octanol–water partition coefficient (Wildman–Crippen LogP) is 0.635. The molecule has 15 heavy (non-hydrogen) atoms. The van der Waals surface area contributed by atoms with Gasteiger partial charge in [-0.25, -0.2) is 4.98 Å². The monoisotopic (exact) mass is 205 g/mol. The average molecular weight is 205 g/mol. The fourth-order valence-electron chi connectivity index (χ4n) is 1.62. The van der Waals surface area contributed by atoms with E-state index in [4.69, 9.17) is 0 Å². The van der Waals surface area contributed by atoms with E-state index in [1.807, 2.05) is 24.1 Å². The Balaban J connectivity index is 2.21. The molecule has 0 saturated carbocycles. The van der Waals surface area contributed by atoms with Gasteiger partial charge in [0.1, 0.15) is 5.82 Å². The molecule has 80 valence electrons. The number of piperazine rings is 1. The summed E-state index contributed by atoms with van der Waals surface area (Å²) in [6.07, 6.45) is 1.86. The second kappa shape index (κ2) is 3.88. The van der Waals surface area contributed by atoms with Crippen LogP contribution in [0.5, 0.6) is 0 Å². The molecule has 1 aliphatic rings. The van der Waals surface area contributed by atoms with E-state index in [1.54, 1.807) is 0 Å². The lowest BCUT2D eigenvalue weighted by Gasteiger charge is -2.27. The molecule has 0 bridgehead atoms. The van der Waals surface area contributed by atoms with Gasteiger partial charge < -0.3 is 10.2 Å². The molecule has 4 nitrogen and oxygen atoms in total. The van der Waals surface area contributed by atoms with Crippen molar-refractivity contribution in [1.29, 1.82) is 0 Å². The third kappa shape index (κ3) is 2.09. The summed E-state index contributed by atoms with van der Waals surface area (Å²) in [6.45, 7) is 6.05. The van der Waals surface area contributed by atoms with Crippen molar-refractivity contribution in [3.8, 4) is 0 Å². The highest BCUT2D eigenvalue weighted by Crippen LogP contribution is 2.15. The molecule has 2 rings (SSSR count). The molecule has 0 spiro atoms. The minimum absolute atomic E-state index is 0.0706. The molecule has 1 fully saturated rings. The Morgan fingerprint density at radius 2 is 2.20 bits per heavy atom. The van der Waals surface area contributed by atoms with E-state index >= 15 is 0 Å². The number of aromatic nitrogens is 1. The summed E-state index contributed by atoms with van der Waals surface area (Å²) >= 11 is 0. The lowest BCUT2D eigenvalue weighted by Crippen LogP contribution is -2.48. The van der Waals surface area contributed by atoms with E-state index in [2.05, 4.69) is 17.2 Å². The van der Waals surface area contributed by atoms with Gasteiger partial charge in [-0.15, -0.1) is 0 Å². The van der Waals surface area contributed by atoms with Crippen LogP contribution in [0.25, 0.3) is 0 Å². The normalized spacial score (nSPS) is 16.4. The van der Waals surface area contributed by atoms with Crippen LogP contribution in [-0.2, 0) is 4.79 Å². The number of nitrogens with one attached hydrogen (secondary N) is 1. The number of pyridine rings is 1. The van der Waals surface area contributed by atoms with Crippen molar-refractivity contribution in [2.45, 2.75) is 13.8 Å². The maximum Gasteiger partial charge on any atom is 0.239 e. The molecule has 0 aromatic carbocycles. The summed E-state index contributed by atoms with van der Waals surface area (Å²) in [4.78, 5) is 17.6. The Morgan fingerprint density at radius 1 is 1.40 bits per heavy atom. The molecule has 0 radical (unpaired) electrons. The van der Waals surface area contributed by atoms with Crippen LogP contribution in [0.4, 0.5) is 5.82 Å². The number of amides is 1. The van der Waals surface area contributed by atoms with Gasteiger partial charge in [0.05, 0.1) is 6.54 Å². The van der Waals surface area contributed by atoms with Crippen molar-refractivity contribution in [1.82, 2.24) is 10.3 Å². The van der Waals surface area contributed by atoms with Gasteiger partial charge in [-0.3, -0.25) is 4.79 Å². The maximum atomic E-state index is 11.2. The highest BCUT2D eigenvalue weighted by molar-refractivity contribution is 5.82. The summed E-state index contributed by atoms with van der Waals surface area (Å²) in [5.41, 5.74) is 2.39. The standard InChI is InChI=1S/C11H15N3O/c1-8-5-10(13-6-9(8)2)14-4-3-12-11(15)7-14/h5-6H,3-4,7H2,1-2H3,(H,12,15). The number of hydrogen-bond acceptors (Lipinski definition) is 3. The van der Waals surface area contributed by atoms with Gasteiger partial charge in [0.25, 0.3) is 0 Å². The minimum atomic E-state index is 0.0706. The van der Waals surface area contributed by atoms with E-state index in [-0.39, 0.29) is 5.91 Å². The number of anilines is 1. The van der Waals surface area contributed by atoms with Crippen molar-refractivity contribution >= 4 is 11.7 Å². The quantitative estimate of drug-likeness (QED) is 0.731. The fraction of sp³-hybridized carbons (Fsp3) is 0.455. The van der Waals surface area contributed by atoms with Crippen molar-refractivity contribution in [2.75, 3.05) is 24.5 Å². The highest BCUT2D eigenvalue weighted by atomic mass is 16.2. The lowest BCUT2D eigenvalue weighted by atomic mass is 10.2. The Labute approximate surface area is 89.3 Å². The summed E-state index contributed by atoms with van der Waals surface area (Å²) in [7, 11) is 0. The number of carbonyl (C=O) groups excluding carboxylic acids is 1. The van der Waals surface area contributed by atoms with Crippen molar-refractivity contribution in [2.24, 2.45) is 0 Å². The van der Waals surface area contributed by atoms with Crippen LogP contribution in [0.15, 0.2) is 12.3 Å². The van der Waals surface area contributed by atoms with Crippen LogP contribution < -0.4 is 10.2 Å². The number of rotatable bonds is 1. The summed E-state index contributed by atoms with van der Waals surface area (Å²) in [5.74, 6) is 0.967. The predicted molar refractivity (Wildman–Crippen MR) is 58.9 cm³/mol. The topological polar surface area (TPSA) is 45.2 Å². The first-order valence-electron chi connectivity index (χ1n) is 5.12. The Hall–Kier alpha value is -1.58. The molecule has 1 aromatic heterocycles. The van der Waals surface area contributed by atoms with E-state index in [1.165, 1.54) is 11.1 Å². The molecular formula is C11H15N3O. The van der Waals surface area contributed by atoms with Crippen molar-refractivity contribution in [3.63, 3.8) is 0 Å². The Bertz CT molecular complexity index is 389. The minimum Gasteiger partial charge on any atom is -0.353 e. The smallest absolute Gasteiger partial charge is 0.239 e. The van der Waals surface area contributed by atoms with Gasteiger partial charge >= 0.3 is 0 Å². The van der Waals surface area contributed by atoms with E-state index in [9.17, 15) is 4.79 Å². The van der Waals surface area contributed by atoms with E-state index in [0.29, 0.717) is 13.1 Å². The number of hydrogen-bond donors (Lipinski definition) is 1. The van der Waals surface area contributed by atoms with Crippen LogP contribution in [0.1, 0.15) is 11.1 Å². The second-order valence-electron chi connectivity index (χ2n) is 3.90. The third-order valence-electron chi connectivity index (χ3n) is 2.72. The molecule has 4 heteroatoms. The van der Waals surface area contributed by atoms with Crippen LogP contribution in [0.2, 0.25) is 0 Å². The average Bonchev–Trinajstić information content (AvgIpc) is 2.22. The number of nitrogens with zero attached hydrogens (tertiary/aromatic N) is 2. The number of aryl methyl sites for hydroxylation is 2. The first-order valence-corrected chi connectivity index (χ1v) is 5.12. The van der Waals surface area contributed by atoms with E-state index in [0.717, 1.165) is 12.4 Å². The summed E-state index contributed by atoms with van der Waals surface area (Å²) < 4.78 is 0. The van der Waals surface area contributed by atoms with Gasteiger partial charge in [0, 0.05) is 19.3 Å². The molecule has 1 N–H and O–H groups in total. The zero-order valence-corrected chi connectivity index (χ0v) is 9.08. The van der Waals surface area contributed by atoms with Gasteiger partial charge in [0.15, 0.2) is 0 Å². The van der Waals surface area contributed by atoms with Crippen LogP contribution in [0, 0.1) is 13.8 Å². The second-order valence-corrected chi connectivity index (χ2v) is 3.90. The molecule has 2 heterocycles. The van der Waals surface area contributed by atoms with Gasteiger partial charge in [-0.05, 0) is 31.0 Å². The van der Waals surface area contributed by atoms with Crippen molar-refractivity contribution in [3.05, 3.63) is 23.4 Å². The fourth-order valence-corrected chi connectivity index (χ4v) is 1.62. The van der Waals surface area contributed by atoms with Gasteiger partial charge in [-0.2, -0.15) is 0 Å². The molecule has 1 aliphatic heterocycles. The first kappa shape index (κ1) is 9.96. The first-order chi connectivity index (χ1) is 7.16. The Kier molecular flexibility index (Phi) is 2.58. The Morgan fingerprint density at radius 3 is 2.87 bits per heavy atom. The molecule has 1 amide bonds. The molecule has 0 aliphatic carbocycles. The van der Waals surface area contributed by atoms with E-state index < -0.39 is 0 Å².